The zero-order valence-corrected chi connectivity index (χ0v) is 16.8. The van der Waals surface area contributed by atoms with Gasteiger partial charge in [0, 0.05) is 49.3 Å². The Hall–Kier alpha value is -3.59. The van der Waals surface area contributed by atoms with E-state index in [2.05, 4.69) is 57.4 Å². The molecule has 6 nitrogen and oxygen atoms in total. The van der Waals surface area contributed by atoms with Crippen LogP contribution in [0.25, 0.3) is 0 Å². The van der Waals surface area contributed by atoms with E-state index in [0.29, 0.717) is 11.5 Å². The minimum atomic E-state index is 0.552. The van der Waals surface area contributed by atoms with Crippen LogP contribution >= 0.6 is 0 Å². The molecule has 1 aromatic heterocycles. The molecule has 0 bridgehead atoms. The molecule has 0 saturated carbocycles. The Morgan fingerprint density at radius 2 is 1.66 bits per heavy atom. The molecule has 0 radical (unpaired) electrons. The first-order valence-electron chi connectivity index (χ1n) is 9.80. The van der Waals surface area contributed by atoms with E-state index < -0.39 is 0 Å². The average Bonchev–Trinajstić information content (AvgIpc) is 2.73. The van der Waals surface area contributed by atoms with Gasteiger partial charge in [-0.25, -0.2) is 4.98 Å². The van der Waals surface area contributed by atoms with Crippen LogP contribution in [0.15, 0.2) is 54.6 Å². The molecular weight excluding hydrogens is 360 g/mol. The molecule has 1 saturated heterocycles. The molecule has 1 N–H and O–H groups in total. The lowest BCUT2D eigenvalue weighted by Gasteiger charge is -2.37. The number of nitrogens with zero attached hydrogens (tertiary/aromatic N) is 5. The maximum absolute atomic E-state index is 9.09. The van der Waals surface area contributed by atoms with E-state index >= 15 is 0 Å². The van der Waals surface area contributed by atoms with Crippen molar-refractivity contribution in [3.8, 4) is 6.07 Å². The number of nitrogens with one attached hydrogen (secondary N) is 1. The van der Waals surface area contributed by atoms with E-state index in [1.807, 2.05) is 25.1 Å². The third-order valence-corrected chi connectivity index (χ3v) is 5.06. The molecule has 0 amide bonds. The molecule has 0 atom stereocenters. The summed E-state index contributed by atoms with van der Waals surface area (Å²) in [7, 11) is 0. The van der Waals surface area contributed by atoms with Gasteiger partial charge in [-0.05, 0) is 49.7 Å². The molecule has 1 aliphatic heterocycles. The minimum Gasteiger partial charge on any atom is -0.368 e. The lowest BCUT2D eigenvalue weighted by molar-refractivity contribution is 0.646. The fraction of sp³-hybridized carbons (Fsp3) is 0.261. The van der Waals surface area contributed by atoms with E-state index in [0.717, 1.165) is 43.4 Å². The maximum atomic E-state index is 9.09. The summed E-state index contributed by atoms with van der Waals surface area (Å²) in [5.41, 5.74) is 4.89. The second kappa shape index (κ2) is 8.19. The van der Waals surface area contributed by atoms with Crippen LogP contribution < -0.4 is 15.1 Å². The van der Waals surface area contributed by atoms with Crippen LogP contribution in [0.5, 0.6) is 0 Å². The molecule has 2 heterocycles. The lowest BCUT2D eigenvalue weighted by Crippen LogP contribution is -2.47. The number of hydrogen-bond donors (Lipinski definition) is 1. The quantitative estimate of drug-likeness (QED) is 0.732. The van der Waals surface area contributed by atoms with Crippen molar-refractivity contribution in [2.24, 2.45) is 0 Å². The summed E-state index contributed by atoms with van der Waals surface area (Å²) in [5.74, 6) is 1.48. The standard InChI is InChI=1S/C23H24N6/c1-17-5-3-8-21(13-17)28-9-11-29(12-10-28)22-14-18(2)25-23(27-22)26-20-7-4-6-19(15-20)16-24/h3-8,13-15H,9-12H2,1-2H3,(H,25,26,27). The molecule has 1 fully saturated rings. The van der Waals surface area contributed by atoms with Gasteiger partial charge in [0.25, 0.3) is 0 Å². The van der Waals surface area contributed by atoms with Gasteiger partial charge in [0.05, 0.1) is 11.6 Å². The summed E-state index contributed by atoms with van der Waals surface area (Å²) in [6.45, 7) is 7.84. The van der Waals surface area contributed by atoms with Crippen LogP contribution in [-0.4, -0.2) is 36.1 Å². The second-order valence-corrected chi connectivity index (χ2v) is 7.32. The highest BCUT2D eigenvalue weighted by atomic mass is 15.3. The van der Waals surface area contributed by atoms with Gasteiger partial charge in [-0.15, -0.1) is 0 Å². The molecule has 1 aliphatic rings. The number of nitriles is 1. The van der Waals surface area contributed by atoms with E-state index in [-0.39, 0.29) is 0 Å². The molecule has 0 spiro atoms. The van der Waals surface area contributed by atoms with Crippen molar-refractivity contribution in [3.05, 3.63) is 71.4 Å². The van der Waals surface area contributed by atoms with Gasteiger partial charge in [-0.1, -0.05) is 18.2 Å². The van der Waals surface area contributed by atoms with E-state index in [1.165, 1.54) is 11.3 Å². The first kappa shape index (κ1) is 18.8. The first-order chi connectivity index (χ1) is 14.1. The van der Waals surface area contributed by atoms with Crippen molar-refractivity contribution >= 4 is 23.1 Å². The van der Waals surface area contributed by atoms with Crippen molar-refractivity contribution < 1.29 is 0 Å². The fourth-order valence-corrected chi connectivity index (χ4v) is 3.58. The van der Waals surface area contributed by atoms with Gasteiger partial charge < -0.3 is 15.1 Å². The number of hydrogen-bond acceptors (Lipinski definition) is 6. The van der Waals surface area contributed by atoms with Gasteiger partial charge in [0.1, 0.15) is 5.82 Å². The van der Waals surface area contributed by atoms with Gasteiger partial charge in [-0.3, -0.25) is 0 Å². The van der Waals surface area contributed by atoms with Crippen LogP contribution in [-0.2, 0) is 0 Å². The Kier molecular flexibility index (Phi) is 5.30. The Labute approximate surface area is 171 Å². The van der Waals surface area contributed by atoms with E-state index in [9.17, 15) is 0 Å². The summed E-state index contributed by atoms with van der Waals surface area (Å²) in [4.78, 5) is 14.0. The molecule has 4 rings (SSSR count). The van der Waals surface area contributed by atoms with Gasteiger partial charge >= 0.3 is 0 Å². The van der Waals surface area contributed by atoms with Gasteiger partial charge in [-0.2, -0.15) is 10.2 Å². The zero-order valence-electron chi connectivity index (χ0n) is 16.8. The number of anilines is 4. The monoisotopic (exact) mass is 384 g/mol. The Balaban J connectivity index is 1.47. The topological polar surface area (TPSA) is 68.1 Å². The first-order valence-corrected chi connectivity index (χ1v) is 9.80. The second-order valence-electron chi connectivity index (χ2n) is 7.32. The van der Waals surface area contributed by atoms with Crippen LogP contribution in [0.1, 0.15) is 16.8 Å². The molecule has 2 aromatic carbocycles. The average molecular weight is 384 g/mol. The highest BCUT2D eigenvalue weighted by molar-refractivity contribution is 5.58. The summed E-state index contributed by atoms with van der Waals surface area (Å²) < 4.78 is 0. The smallest absolute Gasteiger partial charge is 0.229 e. The highest BCUT2D eigenvalue weighted by Crippen LogP contribution is 2.23. The van der Waals surface area contributed by atoms with Crippen LogP contribution in [0, 0.1) is 25.2 Å². The lowest BCUT2D eigenvalue weighted by atomic mass is 10.2. The van der Waals surface area contributed by atoms with Crippen molar-refractivity contribution in [2.75, 3.05) is 41.3 Å². The normalized spacial score (nSPS) is 13.8. The maximum Gasteiger partial charge on any atom is 0.229 e. The summed E-state index contributed by atoms with van der Waals surface area (Å²) >= 11 is 0. The van der Waals surface area contributed by atoms with Crippen molar-refractivity contribution in [1.82, 2.24) is 9.97 Å². The number of rotatable bonds is 4. The molecule has 0 aliphatic carbocycles. The highest BCUT2D eigenvalue weighted by Gasteiger charge is 2.19. The fourth-order valence-electron chi connectivity index (χ4n) is 3.58. The molecular formula is C23H24N6. The third-order valence-electron chi connectivity index (χ3n) is 5.06. The molecule has 29 heavy (non-hydrogen) atoms. The van der Waals surface area contributed by atoms with Gasteiger partial charge in [0.15, 0.2) is 0 Å². The Bertz CT molecular complexity index is 1050. The molecule has 6 heteroatoms. The Morgan fingerprint density at radius 3 is 2.41 bits per heavy atom. The largest absolute Gasteiger partial charge is 0.368 e. The Morgan fingerprint density at radius 1 is 0.897 bits per heavy atom. The van der Waals surface area contributed by atoms with E-state index in [4.69, 9.17) is 10.2 Å². The predicted molar refractivity (Wildman–Crippen MR) is 117 cm³/mol. The number of aryl methyl sites for hydroxylation is 2. The van der Waals surface area contributed by atoms with Gasteiger partial charge in [0.2, 0.25) is 5.95 Å². The third kappa shape index (κ3) is 4.46. The predicted octanol–water partition coefficient (Wildman–Crippen LogP) is 4.04. The van der Waals surface area contributed by atoms with Crippen molar-refractivity contribution in [2.45, 2.75) is 13.8 Å². The number of aromatic nitrogens is 2. The molecule has 3 aromatic rings. The SMILES string of the molecule is Cc1cccc(N2CCN(c3cc(C)nc(Nc4cccc(C#N)c4)n3)CC2)c1. The summed E-state index contributed by atoms with van der Waals surface area (Å²) in [6.07, 6.45) is 0. The summed E-state index contributed by atoms with van der Waals surface area (Å²) in [6, 6.07) is 20.2. The number of piperazine rings is 1. The van der Waals surface area contributed by atoms with Crippen LogP contribution in [0.4, 0.5) is 23.1 Å². The number of benzene rings is 2. The van der Waals surface area contributed by atoms with Crippen LogP contribution in [0.2, 0.25) is 0 Å². The minimum absolute atomic E-state index is 0.552. The molecule has 0 unspecified atom stereocenters. The van der Waals surface area contributed by atoms with Crippen molar-refractivity contribution in [3.63, 3.8) is 0 Å². The van der Waals surface area contributed by atoms with E-state index in [1.54, 1.807) is 12.1 Å². The zero-order chi connectivity index (χ0) is 20.2. The van der Waals surface area contributed by atoms with Crippen LogP contribution in [0.3, 0.4) is 0 Å². The van der Waals surface area contributed by atoms with Crippen molar-refractivity contribution in [1.29, 1.82) is 5.26 Å². The molecule has 146 valence electrons. The summed E-state index contributed by atoms with van der Waals surface area (Å²) in [5, 5.41) is 12.3.